The number of nitrogens with one attached hydrogen (secondary N) is 1. The predicted molar refractivity (Wildman–Crippen MR) is 81.9 cm³/mol. The Balaban J connectivity index is 1.71. The maximum Gasteiger partial charge on any atom is 0.158 e. The Labute approximate surface area is 121 Å². The molecule has 0 aliphatic heterocycles. The highest BCUT2D eigenvalue weighted by atomic mass is 32.1. The van der Waals surface area contributed by atoms with Crippen LogP contribution in [0.25, 0.3) is 10.2 Å². The summed E-state index contributed by atoms with van der Waals surface area (Å²) in [5, 5.41) is 6.19. The summed E-state index contributed by atoms with van der Waals surface area (Å²) in [6, 6.07) is 12.1. The quantitative estimate of drug-likeness (QED) is 0.780. The number of fused-ring (bicyclic) bond motifs is 1. The molecule has 0 radical (unpaired) electrons. The normalized spacial score (nSPS) is 10.8. The molecule has 20 heavy (non-hydrogen) atoms. The maximum absolute atomic E-state index is 5.68. The highest BCUT2D eigenvalue weighted by molar-refractivity contribution is 7.16. The van der Waals surface area contributed by atoms with Crippen LogP contribution in [-0.4, -0.2) is 17.0 Å². The van der Waals surface area contributed by atoms with Crippen molar-refractivity contribution >= 4 is 27.4 Å². The minimum absolute atomic E-state index is 0.414. The number of ether oxygens (including phenoxy) is 1. The molecule has 0 bridgehead atoms. The average Bonchev–Trinajstić information content (AvgIpc) is 2.96. The molecule has 0 saturated carbocycles. The van der Waals surface area contributed by atoms with E-state index in [1.807, 2.05) is 48.8 Å². The van der Waals surface area contributed by atoms with Gasteiger partial charge in [0, 0.05) is 7.05 Å². The van der Waals surface area contributed by atoms with Crippen molar-refractivity contribution in [3.05, 3.63) is 53.2 Å². The molecule has 0 aliphatic carbocycles. The zero-order valence-corrected chi connectivity index (χ0v) is 12.0. The highest BCUT2D eigenvalue weighted by Crippen LogP contribution is 2.24. The topological polar surface area (TPSA) is 47.0 Å². The van der Waals surface area contributed by atoms with Crippen LogP contribution >= 0.6 is 11.3 Å². The van der Waals surface area contributed by atoms with Crippen molar-refractivity contribution in [2.45, 2.75) is 13.2 Å². The number of hydrogen-bond acceptors (Lipinski definition) is 5. The minimum atomic E-state index is 0.414. The predicted octanol–water partition coefficient (Wildman–Crippen LogP) is 3.45. The molecule has 5 heteroatoms. The molecule has 2 aromatic heterocycles. The standard InChI is InChI=1S/C15H15N3OS/c1-16-14-12-7-8-20-15(12)18-13(17-14)10-19-9-11-5-3-2-4-6-11/h2-8H,9-10H2,1H3,(H,16,17,18). The van der Waals surface area contributed by atoms with Gasteiger partial charge in [-0.15, -0.1) is 11.3 Å². The fourth-order valence-electron chi connectivity index (χ4n) is 1.99. The van der Waals surface area contributed by atoms with Crippen LogP contribution in [0.5, 0.6) is 0 Å². The zero-order chi connectivity index (χ0) is 13.8. The van der Waals surface area contributed by atoms with Gasteiger partial charge in [-0.25, -0.2) is 9.97 Å². The smallest absolute Gasteiger partial charge is 0.158 e. The van der Waals surface area contributed by atoms with Gasteiger partial charge >= 0.3 is 0 Å². The van der Waals surface area contributed by atoms with E-state index < -0.39 is 0 Å². The second kappa shape index (κ2) is 5.98. The van der Waals surface area contributed by atoms with Crippen molar-refractivity contribution in [2.75, 3.05) is 12.4 Å². The number of aromatic nitrogens is 2. The zero-order valence-electron chi connectivity index (χ0n) is 11.2. The van der Waals surface area contributed by atoms with Crippen LogP contribution in [-0.2, 0) is 18.0 Å². The van der Waals surface area contributed by atoms with Crippen molar-refractivity contribution in [3.63, 3.8) is 0 Å². The van der Waals surface area contributed by atoms with Crippen LogP contribution in [0.1, 0.15) is 11.4 Å². The molecule has 0 amide bonds. The first-order valence-electron chi connectivity index (χ1n) is 6.40. The number of hydrogen-bond donors (Lipinski definition) is 1. The third kappa shape index (κ3) is 2.79. The average molecular weight is 285 g/mol. The van der Waals surface area contributed by atoms with E-state index in [0.717, 1.165) is 21.6 Å². The summed E-state index contributed by atoms with van der Waals surface area (Å²) >= 11 is 1.61. The van der Waals surface area contributed by atoms with Gasteiger partial charge < -0.3 is 10.1 Å². The molecule has 0 unspecified atom stereocenters. The van der Waals surface area contributed by atoms with Crippen molar-refractivity contribution in [2.24, 2.45) is 0 Å². The lowest BCUT2D eigenvalue weighted by molar-refractivity contribution is 0.102. The van der Waals surface area contributed by atoms with Crippen molar-refractivity contribution in [1.29, 1.82) is 0 Å². The Morgan fingerprint density at radius 3 is 2.75 bits per heavy atom. The largest absolute Gasteiger partial charge is 0.372 e. The second-order valence-electron chi connectivity index (χ2n) is 4.36. The first-order valence-corrected chi connectivity index (χ1v) is 7.28. The van der Waals surface area contributed by atoms with Crippen molar-refractivity contribution in [1.82, 2.24) is 9.97 Å². The number of nitrogens with zero attached hydrogens (tertiary/aromatic N) is 2. The van der Waals surface area contributed by atoms with E-state index in [1.54, 1.807) is 11.3 Å². The molecular weight excluding hydrogens is 270 g/mol. The molecule has 1 aromatic carbocycles. The molecular formula is C15H15N3OS. The monoisotopic (exact) mass is 285 g/mol. The Kier molecular flexibility index (Phi) is 3.90. The van der Waals surface area contributed by atoms with E-state index >= 15 is 0 Å². The molecule has 2 heterocycles. The third-order valence-electron chi connectivity index (χ3n) is 2.95. The van der Waals surface area contributed by atoms with E-state index in [2.05, 4.69) is 15.3 Å². The number of benzene rings is 1. The van der Waals surface area contributed by atoms with Crippen molar-refractivity contribution < 1.29 is 4.74 Å². The molecule has 1 N–H and O–H groups in total. The molecule has 0 aliphatic rings. The molecule has 0 spiro atoms. The number of thiophene rings is 1. The lowest BCUT2D eigenvalue weighted by atomic mass is 10.2. The van der Waals surface area contributed by atoms with Crippen LogP contribution < -0.4 is 5.32 Å². The van der Waals surface area contributed by atoms with Crippen LogP contribution in [0.4, 0.5) is 5.82 Å². The third-order valence-corrected chi connectivity index (χ3v) is 3.76. The van der Waals surface area contributed by atoms with Crippen LogP contribution in [0.2, 0.25) is 0 Å². The van der Waals surface area contributed by atoms with Gasteiger partial charge in [-0.2, -0.15) is 0 Å². The van der Waals surface area contributed by atoms with Crippen LogP contribution in [0, 0.1) is 0 Å². The summed E-state index contributed by atoms with van der Waals surface area (Å²) in [7, 11) is 1.87. The Morgan fingerprint density at radius 1 is 1.10 bits per heavy atom. The van der Waals surface area contributed by atoms with Gasteiger partial charge in [-0.3, -0.25) is 0 Å². The molecule has 4 nitrogen and oxygen atoms in total. The first-order chi connectivity index (χ1) is 9.86. The van der Waals surface area contributed by atoms with Gasteiger partial charge in [0.1, 0.15) is 17.3 Å². The van der Waals surface area contributed by atoms with E-state index in [1.165, 1.54) is 0 Å². The maximum atomic E-state index is 5.68. The summed E-state index contributed by atoms with van der Waals surface area (Å²) in [4.78, 5) is 9.99. The van der Waals surface area contributed by atoms with Gasteiger partial charge in [0.15, 0.2) is 5.82 Å². The van der Waals surface area contributed by atoms with E-state index in [0.29, 0.717) is 19.0 Å². The summed E-state index contributed by atoms with van der Waals surface area (Å²) in [5.74, 6) is 1.56. The molecule has 0 atom stereocenters. The van der Waals surface area contributed by atoms with Crippen LogP contribution in [0.15, 0.2) is 41.8 Å². The first kappa shape index (κ1) is 13.0. The van der Waals surface area contributed by atoms with E-state index in [-0.39, 0.29) is 0 Å². The van der Waals surface area contributed by atoms with Gasteiger partial charge in [0.25, 0.3) is 0 Å². The molecule has 102 valence electrons. The lowest BCUT2D eigenvalue weighted by Crippen LogP contribution is -2.03. The number of rotatable bonds is 5. The molecule has 3 rings (SSSR count). The van der Waals surface area contributed by atoms with Crippen molar-refractivity contribution in [3.8, 4) is 0 Å². The van der Waals surface area contributed by atoms with E-state index in [4.69, 9.17) is 4.74 Å². The second-order valence-corrected chi connectivity index (χ2v) is 5.25. The van der Waals surface area contributed by atoms with E-state index in [9.17, 15) is 0 Å². The van der Waals surface area contributed by atoms with Gasteiger partial charge in [-0.1, -0.05) is 30.3 Å². The summed E-state index contributed by atoms with van der Waals surface area (Å²) in [6.45, 7) is 0.985. The number of anilines is 1. The van der Waals surface area contributed by atoms with Gasteiger partial charge in [0.2, 0.25) is 0 Å². The fourth-order valence-corrected chi connectivity index (χ4v) is 2.77. The summed E-state index contributed by atoms with van der Waals surface area (Å²) in [6.07, 6.45) is 0. The Morgan fingerprint density at radius 2 is 1.95 bits per heavy atom. The minimum Gasteiger partial charge on any atom is -0.372 e. The van der Waals surface area contributed by atoms with Crippen LogP contribution in [0.3, 0.4) is 0 Å². The summed E-state index contributed by atoms with van der Waals surface area (Å²) in [5.41, 5.74) is 1.15. The Hall–Kier alpha value is -1.98. The lowest BCUT2D eigenvalue weighted by Gasteiger charge is -2.06. The fraction of sp³-hybridized carbons (Fsp3) is 0.200. The SMILES string of the molecule is CNc1nc(COCc2ccccc2)nc2sccc12. The molecule has 3 aromatic rings. The highest BCUT2D eigenvalue weighted by Gasteiger charge is 2.07. The van der Waals surface area contributed by atoms with Gasteiger partial charge in [-0.05, 0) is 17.0 Å². The molecule has 0 saturated heterocycles. The Bertz CT molecular complexity index is 697. The van der Waals surface area contributed by atoms with Gasteiger partial charge in [0.05, 0.1) is 12.0 Å². The summed E-state index contributed by atoms with van der Waals surface area (Å²) < 4.78 is 5.68. The molecule has 0 fully saturated rings.